The lowest BCUT2D eigenvalue weighted by Crippen LogP contribution is -2.59. The fourth-order valence-electron chi connectivity index (χ4n) is 0.414. The fourth-order valence-corrected chi connectivity index (χ4v) is 1.24. The average molecular weight is 230 g/mol. The molecule has 0 heterocycles. The van der Waals surface area contributed by atoms with Crippen molar-refractivity contribution in [1.29, 1.82) is 0 Å². The van der Waals surface area contributed by atoms with Crippen molar-refractivity contribution in [3.8, 4) is 0 Å². The minimum Gasteiger partial charge on any atom is -0.303 e. The Morgan fingerprint density at radius 2 is 1.46 bits per heavy atom. The fraction of sp³-hybridized carbons (Fsp3) is 1.00. The smallest absolute Gasteiger partial charge is 0.303 e. The predicted octanol–water partition coefficient (Wildman–Crippen LogP) is 1.93. The van der Waals surface area contributed by atoms with Gasteiger partial charge in [0.05, 0.1) is 5.75 Å². The highest BCUT2D eigenvalue weighted by atomic mass is 32.3. The van der Waals surface area contributed by atoms with E-state index in [1.54, 1.807) is 0 Å². The van der Waals surface area contributed by atoms with Crippen LogP contribution in [0.4, 0.5) is 22.0 Å². The van der Waals surface area contributed by atoms with Crippen molar-refractivity contribution in [1.82, 2.24) is 0 Å². The molecule has 0 bridgehead atoms. The lowest BCUT2D eigenvalue weighted by Gasteiger charge is -2.37. The summed E-state index contributed by atoms with van der Waals surface area (Å²) in [4.78, 5) is 0. The van der Waals surface area contributed by atoms with Crippen molar-refractivity contribution in [3.05, 3.63) is 0 Å². The molecule has 0 radical (unpaired) electrons. The van der Waals surface area contributed by atoms with E-state index in [0.717, 1.165) is 0 Å². The molecule has 0 aliphatic heterocycles. The summed E-state index contributed by atoms with van der Waals surface area (Å²) < 4.78 is 86.0. The van der Waals surface area contributed by atoms with Crippen molar-refractivity contribution in [2.45, 2.75) is 18.4 Å². The highest BCUT2D eigenvalue weighted by molar-refractivity contribution is 8.11. The number of rotatable bonds is 2. The van der Waals surface area contributed by atoms with Crippen molar-refractivity contribution >= 4 is 9.63 Å². The molecule has 0 aliphatic carbocycles. The van der Waals surface area contributed by atoms with E-state index in [4.69, 9.17) is 9.11 Å². The summed E-state index contributed by atoms with van der Waals surface area (Å²) in [5.74, 6) is -1.59. The van der Waals surface area contributed by atoms with Crippen LogP contribution in [0.2, 0.25) is 0 Å². The largest absolute Gasteiger partial charge is 0.469 e. The summed E-state index contributed by atoms with van der Waals surface area (Å²) in [5, 5.41) is -6.01. The Morgan fingerprint density at radius 1 is 1.15 bits per heavy atom. The Balaban J connectivity index is 5.43. The minimum atomic E-state index is -6.96. The van der Waals surface area contributed by atoms with Crippen molar-refractivity contribution < 1.29 is 35.3 Å². The SMILES string of the molecule is CCS(=O)(O)(O)C(F)(F)C(F)(F)F. The predicted molar refractivity (Wildman–Crippen MR) is 34.9 cm³/mol. The molecule has 0 aromatic heterocycles. The highest BCUT2D eigenvalue weighted by Gasteiger charge is 2.73. The lowest BCUT2D eigenvalue weighted by atomic mass is 10.7. The van der Waals surface area contributed by atoms with Crippen LogP contribution in [0, 0.1) is 0 Å². The van der Waals surface area contributed by atoms with E-state index in [9.17, 15) is 26.2 Å². The molecule has 2 N–H and O–H groups in total. The summed E-state index contributed by atoms with van der Waals surface area (Å²) in [7, 11) is -6.96. The van der Waals surface area contributed by atoms with Crippen LogP contribution in [-0.2, 0) is 9.63 Å². The number of halogens is 5. The standard InChI is InChI=1S/C4H7F5O3S/c1-2-13(10,11,12)4(8,9)3(5,6)7/h2H2,1H3,(H2,10,11,12). The van der Waals surface area contributed by atoms with Gasteiger partial charge in [0.2, 0.25) is 0 Å². The van der Waals surface area contributed by atoms with Crippen LogP contribution in [0.3, 0.4) is 0 Å². The van der Waals surface area contributed by atoms with Crippen molar-refractivity contribution in [3.63, 3.8) is 0 Å². The maximum atomic E-state index is 12.2. The van der Waals surface area contributed by atoms with E-state index >= 15 is 0 Å². The van der Waals surface area contributed by atoms with E-state index in [1.165, 1.54) is 0 Å². The number of hydrogen-bond acceptors (Lipinski definition) is 1. The topological polar surface area (TPSA) is 57.5 Å². The van der Waals surface area contributed by atoms with Crippen LogP contribution >= 0.6 is 0 Å². The summed E-state index contributed by atoms with van der Waals surface area (Å²) >= 11 is 0. The molecular weight excluding hydrogens is 223 g/mol. The van der Waals surface area contributed by atoms with E-state index in [0.29, 0.717) is 6.92 Å². The van der Waals surface area contributed by atoms with Crippen molar-refractivity contribution in [2.75, 3.05) is 5.75 Å². The van der Waals surface area contributed by atoms with Gasteiger partial charge in [-0.15, -0.1) is 0 Å². The third-order valence-corrected chi connectivity index (χ3v) is 3.67. The van der Waals surface area contributed by atoms with Crippen LogP contribution < -0.4 is 0 Å². The summed E-state index contributed by atoms with van der Waals surface area (Å²) in [6.07, 6.45) is -6.25. The van der Waals surface area contributed by atoms with Gasteiger partial charge in [-0.3, -0.25) is 0 Å². The summed E-state index contributed by atoms with van der Waals surface area (Å²) in [6, 6.07) is 0. The number of hydrogen-bond donors (Lipinski definition) is 2. The molecule has 9 heteroatoms. The molecule has 0 spiro atoms. The molecule has 82 valence electrons. The second kappa shape index (κ2) is 2.61. The monoisotopic (exact) mass is 230 g/mol. The first-order valence-corrected chi connectivity index (χ1v) is 4.98. The maximum absolute atomic E-state index is 12.2. The van der Waals surface area contributed by atoms with Gasteiger partial charge in [0.15, 0.2) is 9.63 Å². The van der Waals surface area contributed by atoms with E-state index < -0.39 is 26.8 Å². The first-order chi connectivity index (χ1) is 5.34. The van der Waals surface area contributed by atoms with Gasteiger partial charge in [-0.1, -0.05) is 6.92 Å². The molecule has 0 aromatic carbocycles. The third kappa shape index (κ3) is 1.81. The van der Waals surface area contributed by atoms with Gasteiger partial charge >= 0.3 is 11.4 Å². The second-order valence-corrected chi connectivity index (χ2v) is 5.44. The first kappa shape index (κ1) is 12.7. The molecule has 0 saturated carbocycles. The molecule has 13 heavy (non-hydrogen) atoms. The summed E-state index contributed by atoms with van der Waals surface area (Å²) in [6.45, 7) is 0.550. The Labute approximate surface area is 70.0 Å². The molecule has 0 amide bonds. The average Bonchev–Trinajstić information content (AvgIpc) is 1.84. The van der Waals surface area contributed by atoms with Crippen LogP contribution in [0.5, 0.6) is 0 Å². The Hall–Kier alpha value is -0.280. The molecule has 0 rings (SSSR count). The van der Waals surface area contributed by atoms with Gasteiger partial charge in [-0.05, 0) is 0 Å². The van der Waals surface area contributed by atoms with Gasteiger partial charge < -0.3 is 9.11 Å². The Bertz CT molecular complexity index is 263. The zero-order valence-electron chi connectivity index (χ0n) is 6.31. The normalized spacial score (nSPS) is 18.0. The van der Waals surface area contributed by atoms with Gasteiger partial charge in [0.25, 0.3) is 0 Å². The zero-order chi connectivity index (χ0) is 11.2. The van der Waals surface area contributed by atoms with Crippen LogP contribution in [0.15, 0.2) is 0 Å². The van der Waals surface area contributed by atoms with Crippen LogP contribution in [0.25, 0.3) is 0 Å². The van der Waals surface area contributed by atoms with Gasteiger partial charge in [0, 0.05) is 0 Å². The third-order valence-electron chi connectivity index (χ3n) is 1.37. The zero-order valence-corrected chi connectivity index (χ0v) is 7.12. The molecule has 0 aromatic rings. The first-order valence-electron chi connectivity index (χ1n) is 2.93. The molecule has 0 saturated heterocycles. The summed E-state index contributed by atoms with van der Waals surface area (Å²) in [5.41, 5.74) is 0. The molecular formula is C4H7F5O3S. The molecule has 0 unspecified atom stereocenters. The van der Waals surface area contributed by atoms with E-state index in [-0.39, 0.29) is 0 Å². The maximum Gasteiger partial charge on any atom is 0.469 e. The minimum absolute atomic E-state index is 0.550. The van der Waals surface area contributed by atoms with Crippen LogP contribution in [0.1, 0.15) is 6.92 Å². The van der Waals surface area contributed by atoms with Crippen molar-refractivity contribution in [2.24, 2.45) is 0 Å². The van der Waals surface area contributed by atoms with Crippen LogP contribution in [-0.4, -0.2) is 30.5 Å². The Morgan fingerprint density at radius 3 is 1.54 bits per heavy atom. The highest BCUT2D eigenvalue weighted by Crippen LogP contribution is 2.48. The van der Waals surface area contributed by atoms with Gasteiger partial charge in [0.1, 0.15) is 0 Å². The lowest BCUT2D eigenvalue weighted by molar-refractivity contribution is -0.247. The molecule has 3 nitrogen and oxygen atoms in total. The second-order valence-electron chi connectivity index (χ2n) is 2.32. The Kier molecular flexibility index (Phi) is 2.55. The van der Waals surface area contributed by atoms with E-state index in [2.05, 4.69) is 0 Å². The molecule has 0 atom stereocenters. The van der Waals surface area contributed by atoms with Gasteiger partial charge in [-0.25, -0.2) is 4.21 Å². The van der Waals surface area contributed by atoms with Gasteiger partial charge in [-0.2, -0.15) is 22.0 Å². The number of alkyl halides is 5. The molecule has 0 aliphatic rings. The van der Waals surface area contributed by atoms with E-state index in [1.807, 2.05) is 0 Å². The molecule has 0 fully saturated rings. The quantitative estimate of drug-likeness (QED) is 0.712.